The number of furan rings is 1. The van der Waals surface area contributed by atoms with Crippen molar-refractivity contribution in [1.82, 2.24) is 5.32 Å². The van der Waals surface area contributed by atoms with Crippen molar-refractivity contribution in [3.05, 3.63) is 46.5 Å². The predicted molar refractivity (Wildman–Crippen MR) is 58.3 cm³/mol. The number of rotatable bonds is 4. The summed E-state index contributed by atoms with van der Waals surface area (Å²) in [6, 6.07) is 6.62. The first kappa shape index (κ1) is 9.49. The van der Waals surface area contributed by atoms with Gasteiger partial charge < -0.3 is 9.73 Å². The third kappa shape index (κ3) is 2.25. The predicted octanol–water partition coefficient (Wildman–Crippen LogP) is 3.19. The minimum absolute atomic E-state index is 0.407. The highest BCUT2D eigenvalue weighted by molar-refractivity contribution is 7.10. The van der Waals surface area contributed by atoms with Crippen molar-refractivity contribution in [3.63, 3.8) is 0 Å². The van der Waals surface area contributed by atoms with Gasteiger partial charge >= 0.3 is 0 Å². The van der Waals surface area contributed by atoms with E-state index in [1.807, 2.05) is 6.07 Å². The van der Waals surface area contributed by atoms with E-state index in [1.54, 1.807) is 23.9 Å². The molecule has 3 heteroatoms. The molecular formula is C11H13NOS. The van der Waals surface area contributed by atoms with Crippen LogP contribution >= 0.6 is 11.3 Å². The van der Waals surface area contributed by atoms with Crippen LogP contribution in [0.2, 0.25) is 0 Å². The van der Waals surface area contributed by atoms with Crippen molar-refractivity contribution in [2.24, 2.45) is 0 Å². The highest BCUT2D eigenvalue weighted by Crippen LogP contribution is 2.18. The lowest BCUT2D eigenvalue weighted by Crippen LogP contribution is -2.16. The molecule has 0 radical (unpaired) electrons. The van der Waals surface area contributed by atoms with Gasteiger partial charge in [-0.1, -0.05) is 6.07 Å². The van der Waals surface area contributed by atoms with Gasteiger partial charge in [-0.3, -0.25) is 0 Å². The van der Waals surface area contributed by atoms with Crippen LogP contribution in [0.15, 0.2) is 40.5 Å². The highest BCUT2D eigenvalue weighted by atomic mass is 32.1. The third-order valence-electron chi connectivity index (χ3n) is 2.16. The lowest BCUT2D eigenvalue weighted by atomic mass is 10.2. The average molecular weight is 207 g/mol. The summed E-state index contributed by atoms with van der Waals surface area (Å²) in [6.45, 7) is 3.03. The fourth-order valence-electron chi connectivity index (χ4n) is 1.30. The Labute approximate surface area is 87.6 Å². The van der Waals surface area contributed by atoms with Crippen LogP contribution in [0, 0.1) is 0 Å². The molecule has 1 atom stereocenters. The summed E-state index contributed by atoms with van der Waals surface area (Å²) in [5, 5.41) is 5.54. The van der Waals surface area contributed by atoms with Gasteiger partial charge in [0.2, 0.25) is 0 Å². The normalized spacial score (nSPS) is 12.9. The molecule has 2 aromatic rings. The number of nitrogens with one attached hydrogen (secondary N) is 1. The summed E-state index contributed by atoms with van der Waals surface area (Å²) < 4.78 is 5.00. The Morgan fingerprint density at radius 1 is 1.50 bits per heavy atom. The van der Waals surface area contributed by atoms with Crippen molar-refractivity contribution >= 4 is 11.3 Å². The second-order valence-corrected chi connectivity index (χ2v) is 4.23. The van der Waals surface area contributed by atoms with E-state index in [1.165, 1.54) is 10.4 Å². The standard InChI is InChI=1S/C11H13NOS/c1-9(11-3-2-6-14-11)12-7-10-4-5-13-8-10/h2-6,8-9,12H,7H2,1H3/t9-/m1/s1. The largest absolute Gasteiger partial charge is 0.472 e. The van der Waals surface area contributed by atoms with E-state index >= 15 is 0 Å². The quantitative estimate of drug-likeness (QED) is 0.833. The van der Waals surface area contributed by atoms with E-state index in [-0.39, 0.29) is 0 Å². The maximum Gasteiger partial charge on any atom is 0.0947 e. The molecule has 2 heterocycles. The first-order valence-electron chi connectivity index (χ1n) is 4.64. The van der Waals surface area contributed by atoms with Crippen LogP contribution in [0.1, 0.15) is 23.4 Å². The van der Waals surface area contributed by atoms with Gasteiger partial charge in [0.15, 0.2) is 0 Å². The Bertz CT molecular complexity index is 353. The van der Waals surface area contributed by atoms with Crippen LogP contribution in [0.25, 0.3) is 0 Å². The molecule has 0 aliphatic carbocycles. The molecular weight excluding hydrogens is 194 g/mol. The topological polar surface area (TPSA) is 25.2 Å². The summed E-state index contributed by atoms with van der Waals surface area (Å²) in [6.07, 6.45) is 3.47. The van der Waals surface area contributed by atoms with E-state index in [4.69, 9.17) is 4.42 Å². The Morgan fingerprint density at radius 2 is 2.43 bits per heavy atom. The molecule has 74 valence electrons. The molecule has 2 nitrogen and oxygen atoms in total. The van der Waals surface area contributed by atoms with Crippen molar-refractivity contribution in [1.29, 1.82) is 0 Å². The summed E-state index contributed by atoms with van der Waals surface area (Å²) >= 11 is 1.78. The molecule has 0 saturated carbocycles. The molecule has 0 unspecified atom stereocenters. The van der Waals surface area contributed by atoms with E-state index in [2.05, 4.69) is 29.8 Å². The SMILES string of the molecule is C[C@@H](NCc1ccoc1)c1cccs1. The first-order valence-corrected chi connectivity index (χ1v) is 5.52. The molecule has 0 amide bonds. The van der Waals surface area contributed by atoms with Crippen LogP contribution < -0.4 is 5.32 Å². The molecule has 0 saturated heterocycles. The van der Waals surface area contributed by atoms with Gasteiger partial charge in [0.25, 0.3) is 0 Å². The fraction of sp³-hybridized carbons (Fsp3) is 0.273. The number of hydrogen-bond acceptors (Lipinski definition) is 3. The van der Waals surface area contributed by atoms with Crippen molar-refractivity contribution in [2.75, 3.05) is 0 Å². The third-order valence-corrected chi connectivity index (χ3v) is 3.22. The molecule has 0 aliphatic heterocycles. The summed E-state index contributed by atoms with van der Waals surface area (Å²) in [7, 11) is 0. The smallest absolute Gasteiger partial charge is 0.0947 e. The van der Waals surface area contributed by atoms with Crippen LogP contribution in [0.3, 0.4) is 0 Å². The molecule has 14 heavy (non-hydrogen) atoms. The molecule has 2 rings (SSSR count). The lowest BCUT2D eigenvalue weighted by Gasteiger charge is -2.10. The van der Waals surface area contributed by atoms with Crippen LogP contribution in [-0.4, -0.2) is 0 Å². The lowest BCUT2D eigenvalue weighted by molar-refractivity contribution is 0.549. The van der Waals surface area contributed by atoms with E-state index < -0.39 is 0 Å². The fourth-order valence-corrected chi connectivity index (χ4v) is 2.06. The Hall–Kier alpha value is -1.06. The zero-order chi connectivity index (χ0) is 9.80. The minimum atomic E-state index is 0.407. The summed E-state index contributed by atoms with van der Waals surface area (Å²) in [5.74, 6) is 0. The summed E-state index contributed by atoms with van der Waals surface area (Å²) in [5.41, 5.74) is 1.19. The molecule has 0 aliphatic rings. The first-order chi connectivity index (χ1) is 6.86. The molecule has 0 fully saturated rings. The molecule has 0 spiro atoms. The van der Waals surface area contributed by atoms with E-state index in [0.29, 0.717) is 6.04 Å². The van der Waals surface area contributed by atoms with Crippen molar-refractivity contribution < 1.29 is 4.42 Å². The van der Waals surface area contributed by atoms with E-state index in [9.17, 15) is 0 Å². The Balaban J connectivity index is 1.87. The number of thiophene rings is 1. The van der Waals surface area contributed by atoms with Gasteiger partial charge in [-0.2, -0.15) is 0 Å². The van der Waals surface area contributed by atoms with Gasteiger partial charge in [0.1, 0.15) is 0 Å². The van der Waals surface area contributed by atoms with Gasteiger partial charge in [0.05, 0.1) is 12.5 Å². The minimum Gasteiger partial charge on any atom is -0.472 e. The van der Waals surface area contributed by atoms with Crippen LogP contribution in [-0.2, 0) is 6.54 Å². The van der Waals surface area contributed by atoms with Crippen molar-refractivity contribution in [2.45, 2.75) is 19.5 Å². The average Bonchev–Trinajstić information content (AvgIpc) is 2.87. The zero-order valence-electron chi connectivity index (χ0n) is 8.07. The molecule has 0 aromatic carbocycles. The van der Waals surface area contributed by atoms with Gasteiger partial charge in [-0.15, -0.1) is 11.3 Å². The van der Waals surface area contributed by atoms with Gasteiger partial charge in [-0.05, 0) is 24.4 Å². The van der Waals surface area contributed by atoms with Crippen molar-refractivity contribution in [3.8, 4) is 0 Å². The monoisotopic (exact) mass is 207 g/mol. The highest BCUT2D eigenvalue weighted by Gasteiger charge is 2.05. The maximum absolute atomic E-state index is 5.00. The van der Waals surface area contributed by atoms with Gasteiger partial charge in [0, 0.05) is 23.0 Å². The van der Waals surface area contributed by atoms with E-state index in [0.717, 1.165) is 6.54 Å². The molecule has 2 aromatic heterocycles. The second kappa shape index (κ2) is 4.44. The number of hydrogen-bond donors (Lipinski definition) is 1. The molecule has 0 bridgehead atoms. The summed E-state index contributed by atoms with van der Waals surface area (Å²) in [4.78, 5) is 1.37. The molecule has 1 N–H and O–H groups in total. The second-order valence-electron chi connectivity index (χ2n) is 3.25. The Kier molecular flexibility index (Phi) is 3.01. The van der Waals surface area contributed by atoms with Crippen LogP contribution in [0.4, 0.5) is 0 Å². The maximum atomic E-state index is 5.00. The zero-order valence-corrected chi connectivity index (χ0v) is 8.88. The van der Waals surface area contributed by atoms with Gasteiger partial charge in [-0.25, -0.2) is 0 Å². The Morgan fingerprint density at radius 3 is 3.07 bits per heavy atom. The van der Waals surface area contributed by atoms with Crippen LogP contribution in [0.5, 0.6) is 0 Å².